The van der Waals surface area contributed by atoms with Crippen LogP contribution in [-0.4, -0.2) is 19.7 Å². The molecule has 0 saturated heterocycles. The molecular weight excluding hydrogens is 488 g/mol. The van der Waals surface area contributed by atoms with Crippen LogP contribution in [0.5, 0.6) is 0 Å². The van der Waals surface area contributed by atoms with Gasteiger partial charge in [0.25, 0.3) is 0 Å². The molecule has 0 amide bonds. The fourth-order valence-electron chi connectivity index (χ4n) is 3.73. The molecule has 0 radical (unpaired) electrons. The van der Waals surface area contributed by atoms with Crippen molar-refractivity contribution in [1.29, 1.82) is 0 Å². The molecule has 0 N–H and O–H groups in total. The second-order valence-corrected chi connectivity index (χ2v) is 10.7. The molecule has 33 heavy (non-hydrogen) atoms. The van der Waals surface area contributed by atoms with E-state index in [1.807, 2.05) is 30.3 Å². The summed E-state index contributed by atoms with van der Waals surface area (Å²) in [7, 11) is 0. The number of nitrogens with zero attached hydrogens (tertiary/aromatic N) is 4. The van der Waals surface area contributed by atoms with Crippen LogP contribution in [0.3, 0.4) is 0 Å². The van der Waals surface area contributed by atoms with Crippen molar-refractivity contribution in [3.8, 4) is 33.1 Å². The molecule has 0 saturated carbocycles. The Labute approximate surface area is 210 Å². The van der Waals surface area contributed by atoms with Crippen molar-refractivity contribution in [3.05, 3.63) is 81.0 Å². The molecule has 0 spiro atoms. The highest BCUT2D eigenvalue weighted by molar-refractivity contribution is 7.98. The van der Waals surface area contributed by atoms with Gasteiger partial charge in [0.1, 0.15) is 5.01 Å². The van der Waals surface area contributed by atoms with E-state index in [0.29, 0.717) is 0 Å². The zero-order valence-electron chi connectivity index (χ0n) is 18.2. The lowest BCUT2D eigenvalue weighted by molar-refractivity contribution is 0.687. The number of aryl methyl sites for hydroxylation is 1. The van der Waals surface area contributed by atoms with E-state index in [1.54, 1.807) is 34.4 Å². The molecule has 0 bridgehead atoms. The maximum Gasteiger partial charge on any atom is 0.191 e. The quantitative estimate of drug-likeness (QED) is 0.208. The summed E-state index contributed by atoms with van der Waals surface area (Å²) in [5, 5.41) is 16.0. The molecule has 4 nitrogen and oxygen atoms in total. The van der Waals surface area contributed by atoms with Gasteiger partial charge in [-0.05, 0) is 25.5 Å². The van der Waals surface area contributed by atoms with Gasteiger partial charge < -0.3 is 4.57 Å². The Balaban J connectivity index is 1.40. The number of thiazole rings is 1. The number of rotatable bonds is 7. The van der Waals surface area contributed by atoms with E-state index in [2.05, 4.69) is 63.6 Å². The highest BCUT2D eigenvalue weighted by Gasteiger charge is 2.20. The minimum Gasteiger partial charge on any atom is -0.302 e. The van der Waals surface area contributed by atoms with Crippen LogP contribution in [0, 0.1) is 6.92 Å². The summed E-state index contributed by atoms with van der Waals surface area (Å²) in [4.78, 5) is 6.07. The summed E-state index contributed by atoms with van der Waals surface area (Å²) in [6.07, 6.45) is 0. The Morgan fingerprint density at radius 2 is 1.73 bits per heavy atom. The van der Waals surface area contributed by atoms with Gasteiger partial charge in [-0.25, -0.2) is 4.98 Å². The van der Waals surface area contributed by atoms with Gasteiger partial charge in [-0.15, -0.1) is 32.9 Å². The van der Waals surface area contributed by atoms with Crippen molar-refractivity contribution in [2.45, 2.75) is 31.3 Å². The smallest absolute Gasteiger partial charge is 0.191 e. The number of hydrogen-bond donors (Lipinski definition) is 0. The van der Waals surface area contributed by atoms with Crippen LogP contribution in [-0.2, 0) is 12.3 Å². The van der Waals surface area contributed by atoms with Crippen molar-refractivity contribution < 1.29 is 0 Å². The molecule has 5 rings (SSSR count). The minimum absolute atomic E-state index is 0.724. The molecule has 0 aliphatic rings. The number of thioether (sulfide) groups is 1. The summed E-state index contributed by atoms with van der Waals surface area (Å²) in [6, 6.07) is 18.3. The van der Waals surface area contributed by atoms with E-state index in [-0.39, 0.29) is 0 Å². The Morgan fingerprint density at radius 3 is 2.52 bits per heavy atom. The molecule has 3 aromatic heterocycles. The molecule has 166 valence electrons. The first-order chi connectivity index (χ1) is 16.2. The van der Waals surface area contributed by atoms with Crippen molar-refractivity contribution >= 4 is 46.0 Å². The van der Waals surface area contributed by atoms with Crippen LogP contribution in [0.1, 0.15) is 17.5 Å². The highest BCUT2D eigenvalue weighted by Crippen LogP contribution is 2.39. The largest absolute Gasteiger partial charge is 0.302 e. The molecule has 0 aliphatic carbocycles. The Morgan fingerprint density at radius 1 is 0.939 bits per heavy atom. The number of benzene rings is 2. The first-order valence-corrected chi connectivity index (χ1v) is 13.7. The molecule has 3 heterocycles. The summed E-state index contributed by atoms with van der Waals surface area (Å²) in [5.41, 5.74) is 5.58. The zero-order chi connectivity index (χ0) is 22.8. The van der Waals surface area contributed by atoms with E-state index < -0.39 is 0 Å². The van der Waals surface area contributed by atoms with Crippen molar-refractivity contribution in [2.24, 2.45) is 0 Å². The third-order valence-corrected chi connectivity index (χ3v) is 8.48. The third-order valence-electron chi connectivity index (χ3n) is 5.32. The second kappa shape index (κ2) is 9.81. The lowest BCUT2D eigenvalue weighted by Crippen LogP contribution is -2.00. The normalized spacial score (nSPS) is 11.2. The summed E-state index contributed by atoms with van der Waals surface area (Å²) < 4.78 is 2.19. The molecule has 5 aromatic rings. The number of hydrogen-bond acceptors (Lipinski definition) is 6. The Bertz CT molecular complexity index is 1390. The summed E-state index contributed by atoms with van der Waals surface area (Å²) >= 11 is 11.4. The van der Waals surface area contributed by atoms with E-state index in [1.165, 1.54) is 16.0 Å². The molecule has 0 unspecified atom stereocenters. The Hall–Kier alpha value is -2.45. The van der Waals surface area contributed by atoms with Crippen molar-refractivity contribution in [3.63, 3.8) is 0 Å². The standard InChI is InChI=1S/C25H21ClN4S3/c1-3-30-23(20-15-31-16(2)22(20)17-9-5-4-6-10-17)28-29-25(30)33-14-18-13-32-24(27-18)19-11-7-8-12-21(19)26/h4-13,15H,3,14H2,1-2H3. The lowest BCUT2D eigenvalue weighted by Gasteiger charge is -2.09. The van der Waals surface area contributed by atoms with E-state index in [4.69, 9.17) is 16.6 Å². The number of halogens is 1. The fraction of sp³-hybridized carbons (Fsp3) is 0.160. The minimum atomic E-state index is 0.724. The van der Waals surface area contributed by atoms with Crippen LogP contribution < -0.4 is 0 Å². The lowest BCUT2D eigenvalue weighted by atomic mass is 10.0. The molecule has 8 heteroatoms. The number of aromatic nitrogens is 4. The second-order valence-electron chi connectivity index (χ2n) is 7.41. The molecule has 0 fully saturated rings. The maximum atomic E-state index is 6.34. The van der Waals surface area contributed by atoms with Gasteiger partial charge >= 0.3 is 0 Å². The van der Waals surface area contributed by atoms with E-state index in [0.717, 1.165) is 50.1 Å². The van der Waals surface area contributed by atoms with Crippen LogP contribution >= 0.6 is 46.0 Å². The van der Waals surface area contributed by atoms with Crippen LogP contribution in [0.25, 0.3) is 33.1 Å². The van der Waals surface area contributed by atoms with Gasteiger partial charge in [0.2, 0.25) is 0 Å². The SMILES string of the molecule is CCn1c(SCc2csc(-c3ccccc3Cl)n2)nnc1-c1csc(C)c1-c1ccccc1. The predicted molar refractivity (Wildman–Crippen MR) is 141 cm³/mol. The van der Waals surface area contributed by atoms with Gasteiger partial charge in [-0.2, -0.15) is 0 Å². The van der Waals surface area contributed by atoms with Gasteiger partial charge in [-0.3, -0.25) is 0 Å². The van der Waals surface area contributed by atoms with Crippen LogP contribution in [0.4, 0.5) is 0 Å². The molecule has 2 aromatic carbocycles. The van der Waals surface area contributed by atoms with Gasteiger partial charge in [-0.1, -0.05) is 71.9 Å². The fourth-order valence-corrected chi connectivity index (χ4v) is 6.74. The van der Waals surface area contributed by atoms with Crippen LogP contribution in [0.15, 0.2) is 70.5 Å². The van der Waals surface area contributed by atoms with Crippen LogP contribution in [0.2, 0.25) is 5.02 Å². The monoisotopic (exact) mass is 508 g/mol. The zero-order valence-corrected chi connectivity index (χ0v) is 21.4. The predicted octanol–water partition coefficient (Wildman–Crippen LogP) is 8.07. The first kappa shape index (κ1) is 22.3. The summed E-state index contributed by atoms with van der Waals surface area (Å²) in [5.74, 6) is 1.64. The van der Waals surface area contributed by atoms with Gasteiger partial charge in [0.15, 0.2) is 11.0 Å². The Kier molecular flexibility index (Phi) is 6.64. The van der Waals surface area contributed by atoms with E-state index >= 15 is 0 Å². The van der Waals surface area contributed by atoms with Gasteiger partial charge in [0, 0.05) is 44.6 Å². The average Bonchev–Trinajstić information content (AvgIpc) is 3.56. The maximum absolute atomic E-state index is 6.34. The third kappa shape index (κ3) is 4.51. The van der Waals surface area contributed by atoms with E-state index in [9.17, 15) is 0 Å². The van der Waals surface area contributed by atoms with Crippen molar-refractivity contribution in [2.75, 3.05) is 0 Å². The first-order valence-electron chi connectivity index (χ1n) is 10.5. The highest BCUT2D eigenvalue weighted by atomic mass is 35.5. The number of thiophene rings is 1. The molecular formula is C25H21ClN4S3. The average molecular weight is 509 g/mol. The molecule has 0 atom stereocenters. The topological polar surface area (TPSA) is 43.6 Å². The van der Waals surface area contributed by atoms with Gasteiger partial charge in [0.05, 0.1) is 10.7 Å². The summed E-state index contributed by atoms with van der Waals surface area (Å²) in [6.45, 7) is 5.10. The van der Waals surface area contributed by atoms with Crippen molar-refractivity contribution in [1.82, 2.24) is 19.7 Å². The molecule has 0 aliphatic heterocycles.